The van der Waals surface area contributed by atoms with Crippen molar-refractivity contribution in [2.45, 2.75) is 6.18 Å². The van der Waals surface area contributed by atoms with E-state index in [0.29, 0.717) is 6.07 Å². The normalized spacial score (nSPS) is 10.8. The van der Waals surface area contributed by atoms with Crippen molar-refractivity contribution in [3.05, 3.63) is 28.8 Å². The van der Waals surface area contributed by atoms with E-state index in [1.807, 2.05) is 0 Å². The van der Waals surface area contributed by atoms with E-state index in [0.717, 1.165) is 13.2 Å². The van der Waals surface area contributed by atoms with Crippen LogP contribution in [-0.4, -0.2) is 13.0 Å². The number of hydrogen-bond acceptors (Lipinski definition) is 3. The number of carbonyl (C=O) groups is 1. The molecule has 0 aliphatic carbocycles. The first-order chi connectivity index (χ1) is 7.81. The smallest absolute Gasteiger partial charge is 0.417 e. The number of benzene rings is 1. The Bertz CT molecular complexity index is 503. The second-order valence-electron chi connectivity index (χ2n) is 3.07. The van der Waals surface area contributed by atoms with Crippen LogP contribution in [-0.2, 0) is 6.18 Å². The van der Waals surface area contributed by atoms with Crippen LogP contribution in [0.25, 0.3) is 0 Å². The number of nitrogens with zero attached hydrogens (tertiary/aromatic N) is 1. The number of amides is 1. The van der Waals surface area contributed by atoms with Gasteiger partial charge in [0, 0.05) is 0 Å². The molecule has 1 aromatic carbocycles. The highest BCUT2D eigenvalue weighted by Gasteiger charge is 2.35. The van der Waals surface area contributed by atoms with Gasteiger partial charge in [0.25, 0.3) is 5.91 Å². The molecule has 90 valence electrons. The van der Waals surface area contributed by atoms with Crippen LogP contribution in [0.3, 0.4) is 0 Å². The Labute approximate surface area is 94.4 Å². The Morgan fingerprint density at radius 2 is 2.06 bits per heavy atom. The Balaban J connectivity index is 3.56. The number of nitrogens with two attached hydrogens (primary N) is 1. The van der Waals surface area contributed by atoms with Crippen LogP contribution in [0.5, 0.6) is 5.75 Å². The molecular weight excluding hydrogens is 237 g/mol. The van der Waals surface area contributed by atoms with E-state index in [2.05, 4.69) is 4.74 Å². The lowest BCUT2D eigenvalue weighted by Gasteiger charge is -2.12. The van der Waals surface area contributed by atoms with Crippen molar-refractivity contribution >= 4 is 5.91 Å². The van der Waals surface area contributed by atoms with Crippen molar-refractivity contribution in [3.8, 4) is 11.8 Å². The highest BCUT2D eigenvalue weighted by atomic mass is 19.4. The first-order valence-electron chi connectivity index (χ1n) is 4.30. The topological polar surface area (TPSA) is 76.1 Å². The zero-order valence-electron chi connectivity index (χ0n) is 8.63. The van der Waals surface area contributed by atoms with Gasteiger partial charge in [0.1, 0.15) is 5.75 Å². The summed E-state index contributed by atoms with van der Waals surface area (Å²) in [5, 5.41) is 8.61. The molecular formula is C10H7F3N2O2. The lowest BCUT2D eigenvalue weighted by molar-refractivity contribution is -0.137. The molecule has 0 saturated heterocycles. The molecule has 7 heteroatoms. The maximum Gasteiger partial charge on any atom is 0.417 e. The Morgan fingerprint density at radius 1 is 1.47 bits per heavy atom. The predicted molar refractivity (Wildman–Crippen MR) is 51.2 cm³/mol. The first kappa shape index (κ1) is 12.8. The number of carbonyl (C=O) groups excluding carboxylic acids is 1. The first-order valence-corrected chi connectivity index (χ1v) is 4.30. The van der Waals surface area contributed by atoms with Gasteiger partial charge in [-0.25, -0.2) is 0 Å². The third kappa shape index (κ3) is 2.47. The molecule has 4 nitrogen and oxygen atoms in total. The summed E-state index contributed by atoms with van der Waals surface area (Å²) < 4.78 is 42.3. The molecule has 0 fully saturated rings. The largest absolute Gasteiger partial charge is 0.496 e. The minimum atomic E-state index is -4.70. The number of alkyl halides is 3. The van der Waals surface area contributed by atoms with E-state index in [4.69, 9.17) is 11.0 Å². The average molecular weight is 244 g/mol. The van der Waals surface area contributed by atoms with Crippen LogP contribution in [0.1, 0.15) is 21.5 Å². The SMILES string of the molecule is COc1cc(C(F)(F)F)c(C#N)cc1C(N)=O. The van der Waals surface area contributed by atoms with Gasteiger partial charge in [-0.3, -0.25) is 4.79 Å². The summed E-state index contributed by atoms with van der Waals surface area (Å²) >= 11 is 0. The second-order valence-corrected chi connectivity index (χ2v) is 3.07. The highest BCUT2D eigenvalue weighted by molar-refractivity contribution is 5.96. The minimum absolute atomic E-state index is 0.267. The van der Waals surface area contributed by atoms with Gasteiger partial charge in [0.05, 0.1) is 29.9 Å². The number of nitriles is 1. The number of primary amides is 1. The van der Waals surface area contributed by atoms with Crippen LogP contribution in [0.4, 0.5) is 13.2 Å². The summed E-state index contributed by atoms with van der Waals surface area (Å²) in [6.45, 7) is 0. The quantitative estimate of drug-likeness (QED) is 0.859. The number of halogens is 3. The summed E-state index contributed by atoms with van der Waals surface area (Å²) in [7, 11) is 1.11. The van der Waals surface area contributed by atoms with Crippen LogP contribution < -0.4 is 10.5 Å². The maximum absolute atomic E-state index is 12.6. The highest BCUT2D eigenvalue weighted by Crippen LogP contribution is 2.35. The van der Waals surface area contributed by atoms with Crippen LogP contribution >= 0.6 is 0 Å². The molecule has 1 aromatic rings. The van der Waals surface area contributed by atoms with Crippen molar-refractivity contribution in [1.29, 1.82) is 5.26 Å². The zero-order valence-corrected chi connectivity index (χ0v) is 8.63. The van der Waals surface area contributed by atoms with Crippen LogP contribution in [0, 0.1) is 11.3 Å². The molecule has 2 N–H and O–H groups in total. The molecule has 1 amide bonds. The zero-order chi connectivity index (χ0) is 13.2. The molecule has 0 aliphatic heterocycles. The van der Waals surface area contributed by atoms with Gasteiger partial charge < -0.3 is 10.5 Å². The number of methoxy groups -OCH3 is 1. The van der Waals surface area contributed by atoms with E-state index in [1.165, 1.54) is 6.07 Å². The fourth-order valence-corrected chi connectivity index (χ4v) is 1.27. The predicted octanol–water partition coefficient (Wildman–Crippen LogP) is 1.68. The third-order valence-corrected chi connectivity index (χ3v) is 2.03. The van der Waals surface area contributed by atoms with Crippen molar-refractivity contribution in [1.82, 2.24) is 0 Å². The molecule has 0 aliphatic rings. The monoisotopic (exact) mass is 244 g/mol. The molecule has 0 atom stereocenters. The number of rotatable bonds is 2. The van der Waals surface area contributed by atoms with Gasteiger partial charge in [-0.2, -0.15) is 18.4 Å². The van der Waals surface area contributed by atoms with E-state index in [1.54, 1.807) is 0 Å². The Morgan fingerprint density at radius 3 is 2.41 bits per heavy atom. The molecule has 0 heterocycles. The average Bonchev–Trinajstić information content (AvgIpc) is 2.25. The van der Waals surface area contributed by atoms with Gasteiger partial charge in [-0.15, -0.1) is 0 Å². The van der Waals surface area contributed by atoms with Crippen molar-refractivity contribution < 1.29 is 22.7 Å². The standard InChI is InChI=1S/C10H7F3N2O2/c1-17-8-3-7(10(11,12)13)5(4-14)2-6(8)9(15)16/h2-3H,1H3,(H2,15,16). The molecule has 0 bridgehead atoms. The molecule has 0 unspecified atom stereocenters. The van der Waals surface area contributed by atoms with E-state index in [9.17, 15) is 18.0 Å². The molecule has 17 heavy (non-hydrogen) atoms. The molecule has 0 saturated carbocycles. The van der Waals surface area contributed by atoms with Gasteiger partial charge >= 0.3 is 6.18 Å². The number of ether oxygens (including phenoxy) is 1. The minimum Gasteiger partial charge on any atom is -0.496 e. The molecule has 0 spiro atoms. The maximum atomic E-state index is 12.6. The van der Waals surface area contributed by atoms with Crippen molar-refractivity contribution in [3.63, 3.8) is 0 Å². The van der Waals surface area contributed by atoms with E-state index in [-0.39, 0.29) is 11.3 Å². The summed E-state index contributed by atoms with van der Waals surface area (Å²) in [6.07, 6.45) is -4.70. The van der Waals surface area contributed by atoms with Crippen LogP contribution in [0.2, 0.25) is 0 Å². The van der Waals surface area contributed by atoms with E-state index < -0.39 is 23.2 Å². The van der Waals surface area contributed by atoms with Gasteiger partial charge in [0.2, 0.25) is 0 Å². The summed E-state index contributed by atoms with van der Waals surface area (Å²) in [6, 6.07) is 2.72. The van der Waals surface area contributed by atoms with Gasteiger partial charge in [-0.05, 0) is 12.1 Å². The molecule has 0 radical (unpaired) electrons. The number of hydrogen-bond donors (Lipinski definition) is 1. The van der Waals surface area contributed by atoms with E-state index >= 15 is 0 Å². The summed E-state index contributed by atoms with van der Waals surface area (Å²) in [5.41, 5.74) is 2.86. The lowest BCUT2D eigenvalue weighted by Crippen LogP contribution is -2.15. The Kier molecular flexibility index (Phi) is 3.27. The fraction of sp³-hybridized carbons (Fsp3) is 0.200. The summed E-state index contributed by atoms with van der Waals surface area (Å²) in [4.78, 5) is 11.0. The van der Waals surface area contributed by atoms with Crippen molar-refractivity contribution in [2.75, 3.05) is 7.11 Å². The van der Waals surface area contributed by atoms with Crippen molar-refractivity contribution in [2.24, 2.45) is 5.73 Å². The second kappa shape index (κ2) is 4.33. The Hall–Kier alpha value is -2.23. The van der Waals surface area contributed by atoms with Crippen LogP contribution in [0.15, 0.2) is 12.1 Å². The summed E-state index contributed by atoms with van der Waals surface area (Å²) in [5.74, 6) is -1.28. The fourth-order valence-electron chi connectivity index (χ4n) is 1.27. The van der Waals surface area contributed by atoms with Gasteiger partial charge in [0.15, 0.2) is 0 Å². The lowest BCUT2D eigenvalue weighted by atomic mass is 10.0. The third-order valence-electron chi connectivity index (χ3n) is 2.03. The van der Waals surface area contributed by atoms with Gasteiger partial charge in [-0.1, -0.05) is 0 Å². The molecule has 0 aromatic heterocycles. The molecule has 1 rings (SSSR count).